The molecule has 4 heteroatoms. The average molecular weight is 246 g/mol. The van der Waals surface area contributed by atoms with Gasteiger partial charge in [0.2, 0.25) is 5.91 Å². The van der Waals surface area contributed by atoms with Crippen LogP contribution in [0.5, 0.6) is 0 Å². The van der Waals surface area contributed by atoms with Crippen molar-refractivity contribution in [3.63, 3.8) is 0 Å². The molecule has 1 aliphatic rings. The molecule has 1 aromatic rings. The maximum Gasteiger partial charge on any atom is 0.217 e. The summed E-state index contributed by atoms with van der Waals surface area (Å²) in [5.41, 5.74) is 2.67. The molecular weight excluding hydrogens is 228 g/mol. The standard InChI is InChI=1S/C14H18N2O2/c1-8-6-14(16-10(3)18)12-7-11(9(2)17)4-5-13(12)15-8/h4-5,7-8,14-15H,6H2,1-3H3,(H,16,18)/t8-,14+/m1/s1. The fourth-order valence-electron chi connectivity index (χ4n) is 2.39. The van der Waals surface area contributed by atoms with Crippen LogP contribution < -0.4 is 10.6 Å². The van der Waals surface area contributed by atoms with Gasteiger partial charge in [-0.15, -0.1) is 0 Å². The fourth-order valence-corrected chi connectivity index (χ4v) is 2.39. The van der Waals surface area contributed by atoms with E-state index in [1.165, 1.54) is 6.92 Å². The number of fused-ring (bicyclic) bond motifs is 1. The third-order valence-corrected chi connectivity index (χ3v) is 3.20. The Kier molecular flexibility index (Phi) is 3.36. The molecule has 0 radical (unpaired) electrons. The molecule has 2 N–H and O–H groups in total. The van der Waals surface area contributed by atoms with Crippen molar-refractivity contribution in [2.45, 2.75) is 39.3 Å². The SMILES string of the molecule is CC(=O)N[C@H]1C[C@@H](C)Nc2ccc(C(C)=O)cc21. The molecule has 4 nitrogen and oxygen atoms in total. The number of hydrogen-bond donors (Lipinski definition) is 2. The van der Waals surface area contributed by atoms with Crippen LogP contribution in [0.4, 0.5) is 5.69 Å². The summed E-state index contributed by atoms with van der Waals surface area (Å²) in [7, 11) is 0. The van der Waals surface area contributed by atoms with Crippen molar-refractivity contribution in [1.29, 1.82) is 0 Å². The Morgan fingerprint density at radius 2 is 2.06 bits per heavy atom. The molecule has 0 aliphatic carbocycles. The third-order valence-electron chi connectivity index (χ3n) is 3.20. The van der Waals surface area contributed by atoms with Gasteiger partial charge in [-0.1, -0.05) is 0 Å². The quantitative estimate of drug-likeness (QED) is 0.787. The van der Waals surface area contributed by atoms with E-state index in [1.807, 2.05) is 18.2 Å². The molecule has 0 fully saturated rings. The van der Waals surface area contributed by atoms with Crippen molar-refractivity contribution < 1.29 is 9.59 Å². The molecule has 0 saturated carbocycles. The lowest BCUT2D eigenvalue weighted by atomic mass is 9.91. The highest BCUT2D eigenvalue weighted by atomic mass is 16.1. The fraction of sp³-hybridized carbons (Fsp3) is 0.429. The highest BCUT2D eigenvalue weighted by Crippen LogP contribution is 2.33. The Labute approximate surface area is 107 Å². The molecule has 0 spiro atoms. The van der Waals surface area contributed by atoms with Gasteiger partial charge in [0, 0.05) is 24.2 Å². The van der Waals surface area contributed by atoms with E-state index >= 15 is 0 Å². The molecule has 96 valence electrons. The van der Waals surface area contributed by atoms with E-state index in [4.69, 9.17) is 0 Å². The van der Waals surface area contributed by atoms with Crippen LogP contribution in [0.3, 0.4) is 0 Å². The summed E-state index contributed by atoms with van der Waals surface area (Å²) in [6.07, 6.45) is 0.827. The minimum Gasteiger partial charge on any atom is -0.382 e. The van der Waals surface area contributed by atoms with Crippen LogP contribution in [0.25, 0.3) is 0 Å². The summed E-state index contributed by atoms with van der Waals surface area (Å²) in [6, 6.07) is 5.88. The van der Waals surface area contributed by atoms with Gasteiger partial charge >= 0.3 is 0 Å². The number of benzene rings is 1. The predicted octanol–water partition coefficient (Wildman–Crippen LogP) is 2.27. The van der Waals surface area contributed by atoms with E-state index in [0.717, 1.165) is 17.7 Å². The Morgan fingerprint density at radius 1 is 1.33 bits per heavy atom. The number of amides is 1. The number of ketones is 1. The minimum atomic E-state index is -0.0479. The molecular formula is C14H18N2O2. The molecule has 2 atom stereocenters. The van der Waals surface area contributed by atoms with E-state index in [2.05, 4.69) is 17.6 Å². The molecule has 1 heterocycles. The topological polar surface area (TPSA) is 58.2 Å². The normalized spacial score (nSPS) is 21.7. The van der Waals surface area contributed by atoms with Gasteiger partial charge in [0.15, 0.2) is 5.78 Å². The van der Waals surface area contributed by atoms with Crippen LogP contribution in [-0.2, 0) is 4.79 Å². The van der Waals surface area contributed by atoms with Crippen molar-refractivity contribution in [2.24, 2.45) is 0 Å². The summed E-state index contributed by atoms with van der Waals surface area (Å²) in [5, 5.41) is 6.31. The first-order valence-corrected chi connectivity index (χ1v) is 6.16. The number of nitrogens with one attached hydrogen (secondary N) is 2. The van der Waals surface area contributed by atoms with E-state index in [9.17, 15) is 9.59 Å². The number of hydrogen-bond acceptors (Lipinski definition) is 3. The number of Topliss-reactive ketones (excluding diaryl/α,β-unsaturated/α-hetero) is 1. The Hall–Kier alpha value is -1.84. The van der Waals surface area contributed by atoms with Crippen molar-refractivity contribution in [3.8, 4) is 0 Å². The van der Waals surface area contributed by atoms with Crippen LogP contribution in [0, 0.1) is 0 Å². The lowest BCUT2D eigenvalue weighted by Crippen LogP contribution is -2.35. The summed E-state index contributed by atoms with van der Waals surface area (Å²) in [4.78, 5) is 22.7. The molecule has 0 aromatic heterocycles. The number of carbonyl (C=O) groups is 2. The molecule has 0 saturated heterocycles. The van der Waals surface area contributed by atoms with Gasteiger partial charge in [0.05, 0.1) is 6.04 Å². The summed E-state index contributed by atoms with van der Waals surface area (Å²) >= 11 is 0. The van der Waals surface area contributed by atoms with Crippen LogP contribution in [0.15, 0.2) is 18.2 Å². The van der Waals surface area contributed by atoms with Gasteiger partial charge in [-0.05, 0) is 44.0 Å². The molecule has 0 bridgehead atoms. The highest BCUT2D eigenvalue weighted by Gasteiger charge is 2.25. The second kappa shape index (κ2) is 4.80. The first-order chi connectivity index (χ1) is 8.47. The monoisotopic (exact) mass is 246 g/mol. The molecule has 0 unspecified atom stereocenters. The largest absolute Gasteiger partial charge is 0.382 e. The summed E-state index contributed by atoms with van der Waals surface area (Å²) < 4.78 is 0. The van der Waals surface area contributed by atoms with E-state index in [1.54, 1.807) is 6.92 Å². The number of rotatable bonds is 2. The first-order valence-electron chi connectivity index (χ1n) is 6.16. The van der Waals surface area contributed by atoms with Gasteiger partial charge in [-0.2, -0.15) is 0 Å². The van der Waals surface area contributed by atoms with Crippen LogP contribution in [0.1, 0.15) is 49.2 Å². The number of carbonyl (C=O) groups excluding carboxylic acids is 2. The van der Waals surface area contributed by atoms with Gasteiger partial charge in [0.1, 0.15) is 0 Å². The maximum absolute atomic E-state index is 11.4. The minimum absolute atomic E-state index is 0.0203. The predicted molar refractivity (Wildman–Crippen MR) is 70.7 cm³/mol. The highest BCUT2D eigenvalue weighted by molar-refractivity contribution is 5.95. The molecule has 1 amide bonds. The zero-order chi connectivity index (χ0) is 13.3. The van der Waals surface area contributed by atoms with Crippen molar-refractivity contribution in [3.05, 3.63) is 29.3 Å². The van der Waals surface area contributed by atoms with E-state index in [-0.39, 0.29) is 17.7 Å². The zero-order valence-corrected chi connectivity index (χ0v) is 10.9. The van der Waals surface area contributed by atoms with Gasteiger partial charge < -0.3 is 10.6 Å². The lowest BCUT2D eigenvalue weighted by Gasteiger charge is -2.32. The van der Waals surface area contributed by atoms with Gasteiger partial charge in [-0.3, -0.25) is 9.59 Å². The van der Waals surface area contributed by atoms with Crippen molar-refractivity contribution >= 4 is 17.4 Å². The van der Waals surface area contributed by atoms with E-state index in [0.29, 0.717) is 11.6 Å². The lowest BCUT2D eigenvalue weighted by molar-refractivity contribution is -0.119. The van der Waals surface area contributed by atoms with Crippen LogP contribution in [0.2, 0.25) is 0 Å². The summed E-state index contributed by atoms with van der Waals surface area (Å²) in [5.74, 6) is -0.00808. The molecule has 1 aliphatic heterocycles. The maximum atomic E-state index is 11.4. The van der Waals surface area contributed by atoms with Gasteiger partial charge in [0.25, 0.3) is 0 Å². The van der Waals surface area contributed by atoms with Crippen molar-refractivity contribution in [1.82, 2.24) is 5.32 Å². The Bertz CT molecular complexity index is 497. The van der Waals surface area contributed by atoms with Crippen molar-refractivity contribution in [2.75, 3.05) is 5.32 Å². The molecule has 1 aromatic carbocycles. The smallest absolute Gasteiger partial charge is 0.217 e. The average Bonchev–Trinajstić information content (AvgIpc) is 2.27. The Balaban J connectivity index is 2.40. The number of anilines is 1. The first kappa shape index (κ1) is 12.6. The summed E-state index contributed by atoms with van der Waals surface area (Å²) in [6.45, 7) is 5.14. The second-order valence-electron chi connectivity index (χ2n) is 4.89. The molecule has 2 rings (SSSR count). The van der Waals surface area contributed by atoms with Crippen LogP contribution >= 0.6 is 0 Å². The zero-order valence-electron chi connectivity index (χ0n) is 10.9. The van der Waals surface area contributed by atoms with Crippen LogP contribution in [-0.4, -0.2) is 17.7 Å². The van der Waals surface area contributed by atoms with E-state index < -0.39 is 0 Å². The molecule has 18 heavy (non-hydrogen) atoms. The second-order valence-corrected chi connectivity index (χ2v) is 4.89. The van der Waals surface area contributed by atoms with Gasteiger partial charge in [-0.25, -0.2) is 0 Å². The Morgan fingerprint density at radius 3 is 2.67 bits per heavy atom. The third kappa shape index (κ3) is 2.53.